The molecule has 14 heteroatoms. The number of carbonyl (C=O) groups is 2. The third kappa shape index (κ3) is 10.0. The van der Waals surface area contributed by atoms with Gasteiger partial charge in [-0.25, -0.2) is 0 Å². The predicted octanol–water partition coefficient (Wildman–Crippen LogP) is -2.50. The van der Waals surface area contributed by atoms with Crippen molar-refractivity contribution in [1.82, 2.24) is 0 Å². The highest BCUT2D eigenvalue weighted by Gasteiger charge is 2.43. The Morgan fingerprint density at radius 1 is 0.935 bits per heavy atom. The van der Waals surface area contributed by atoms with Crippen molar-refractivity contribution in [2.45, 2.75) is 60.9 Å². The molecule has 16 N–H and O–H groups in total. The minimum absolute atomic E-state index is 0.0646. The molecule has 0 bridgehead atoms. The first-order valence-corrected chi connectivity index (χ1v) is 11.0. The molecule has 4 unspecified atom stereocenters. The van der Waals surface area contributed by atoms with Crippen LogP contribution in [0.4, 0.5) is 0 Å². The highest BCUT2D eigenvalue weighted by Crippen LogP contribution is 2.30. The number of aliphatic imine (C=N–C) groups is 2. The maximum absolute atomic E-state index is 11.9. The first-order valence-electron chi connectivity index (χ1n) is 9.72. The molecule has 0 saturated heterocycles. The Balaban J connectivity index is 5.21. The molecule has 0 amide bonds. The maximum Gasteiger partial charge on any atom is 0.324 e. The van der Waals surface area contributed by atoms with Crippen molar-refractivity contribution in [3.63, 3.8) is 0 Å². The van der Waals surface area contributed by atoms with E-state index in [-0.39, 0.29) is 50.7 Å². The topological polar surface area (TPSA) is 281 Å². The van der Waals surface area contributed by atoms with Gasteiger partial charge in [0.15, 0.2) is 11.9 Å². The lowest BCUT2D eigenvalue weighted by Crippen LogP contribution is -2.58. The van der Waals surface area contributed by atoms with Crippen LogP contribution in [0.5, 0.6) is 0 Å². The van der Waals surface area contributed by atoms with Crippen LogP contribution in [-0.4, -0.2) is 75.8 Å². The number of nitrogens with two attached hydrogens (primary N) is 7. The second kappa shape index (κ2) is 13.2. The van der Waals surface area contributed by atoms with Crippen molar-refractivity contribution in [2.75, 3.05) is 19.3 Å². The summed E-state index contributed by atoms with van der Waals surface area (Å²) in [7, 11) is 0. The maximum atomic E-state index is 11.9. The number of carboxylic acids is 2. The normalized spacial score (nSPS) is 16.9. The molecule has 0 heterocycles. The van der Waals surface area contributed by atoms with E-state index < -0.39 is 34.3 Å². The van der Waals surface area contributed by atoms with E-state index >= 15 is 0 Å². The zero-order valence-electron chi connectivity index (χ0n) is 17.9. The second-order valence-electron chi connectivity index (χ2n) is 7.55. The van der Waals surface area contributed by atoms with Gasteiger partial charge in [-0.1, -0.05) is 0 Å². The van der Waals surface area contributed by atoms with E-state index in [2.05, 4.69) is 9.98 Å². The first-order chi connectivity index (χ1) is 14.3. The zero-order valence-corrected chi connectivity index (χ0v) is 18.7. The lowest BCUT2D eigenvalue weighted by Gasteiger charge is -2.35. The van der Waals surface area contributed by atoms with E-state index in [1.54, 1.807) is 6.26 Å². The standard InChI is InChI=1S/C17H37N9O4S/c1-31-11(17(24,13(29)30)5-3-7-26-15(21)22)8-10(18)9-16(23,12(27)28)4-2-6-25-14(19)20/h10-11H,2-9,18,23-24H2,1H3,(H,27,28)(H,29,30)(H4,19,20,25)(H4,21,22,26). The quantitative estimate of drug-likeness (QED) is 0.0651. The van der Waals surface area contributed by atoms with Gasteiger partial charge in [0, 0.05) is 24.4 Å². The van der Waals surface area contributed by atoms with Gasteiger partial charge in [0.05, 0.1) is 0 Å². The van der Waals surface area contributed by atoms with Crippen LogP contribution < -0.4 is 40.1 Å². The molecule has 0 aromatic carbocycles. The SMILES string of the molecule is CSC(CC(N)CC(N)(CCCN=C(N)N)C(=O)O)C(N)(CCCN=C(N)N)C(=O)O. The summed E-state index contributed by atoms with van der Waals surface area (Å²) >= 11 is 1.25. The van der Waals surface area contributed by atoms with Crippen molar-refractivity contribution in [3.8, 4) is 0 Å². The molecule has 0 aromatic heterocycles. The molecular weight excluding hydrogens is 426 g/mol. The molecule has 0 saturated carbocycles. The summed E-state index contributed by atoms with van der Waals surface area (Å²) in [6.45, 7) is 0.473. The molecule has 0 aromatic rings. The molecule has 0 aliphatic heterocycles. The average Bonchev–Trinajstić information content (AvgIpc) is 2.65. The largest absolute Gasteiger partial charge is 0.480 e. The molecule has 31 heavy (non-hydrogen) atoms. The van der Waals surface area contributed by atoms with Crippen LogP contribution in [-0.2, 0) is 9.59 Å². The molecule has 13 nitrogen and oxygen atoms in total. The average molecular weight is 464 g/mol. The third-order valence-corrected chi connectivity index (χ3v) is 6.13. The van der Waals surface area contributed by atoms with E-state index in [0.29, 0.717) is 12.8 Å². The summed E-state index contributed by atoms with van der Waals surface area (Å²) in [5.41, 5.74) is 36.4. The van der Waals surface area contributed by atoms with Crippen LogP contribution in [0.2, 0.25) is 0 Å². The van der Waals surface area contributed by atoms with Crippen molar-refractivity contribution >= 4 is 35.6 Å². The highest BCUT2D eigenvalue weighted by atomic mass is 32.2. The molecule has 180 valence electrons. The van der Waals surface area contributed by atoms with Crippen LogP contribution in [0, 0.1) is 0 Å². The van der Waals surface area contributed by atoms with Crippen LogP contribution in [0.25, 0.3) is 0 Å². The summed E-state index contributed by atoms with van der Waals surface area (Å²) in [6, 6.07) is -0.693. The van der Waals surface area contributed by atoms with Gasteiger partial charge in [-0.15, -0.1) is 0 Å². The lowest BCUT2D eigenvalue weighted by molar-refractivity contribution is -0.145. The van der Waals surface area contributed by atoms with E-state index in [0.717, 1.165) is 0 Å². The van der Waals surface area contributed by atoms with Crippen molar-refractivity contribution in [3.05, 3.63) is 0 Å². The van der Waals surface area contributed by atoms with Gasteiger partial charge < -0.3 is 50.3 Å². The Kier molecular flexibility index (Phi) is 12.2. The molecule has 0 aliphatic carbocycles. The first kappa shape index (κ1) is 28.7. The van der Waals surface area contributed by atoms with Crippen molar-refractivity contribution < 1.29 is 19.8 Å². The Morgan fingerprint density at radius 3 is 1.81 bits per heavy atom. The fourth-order valence-corrected chi connectivity index (χ4v) is 4.31. The van der Waals surface area contributed by atoms with E-state index in [4.69, 9.17) is 40.1 Å². The lowest BCUT2D eigenvalue weighted by atomic mass is 9.82. The van der Waals surface area contributed by atoms with Gasteiger partial charge in [0.1, 0.15) is 11.1 Å². The number of nitrogens with zero attached hydrogens (tertiary/aromatic N) is 2. The number of hydrogen-bond donors (Lipinski definition) is 9. The van der Waals surface area contributed by atoms with Crippen LogP contribution in [0.15, 0.2) is 9.98 Å². The molecule has 0 radical (unpaired) electrons. The number of guanidine groups is 2. The van der Waals surface area contributed by atoms with Crippen LogP contribution in [0.3, 0.4) is 0 Å². The van der Waals surface area contributed by atoms with E-state index in [1.807, 2.05) is 0 Å². The van der Waals surface area contributed by atoms with Gasteiger partial charge in [0.25, 0.3) is 0 Å². The van der Waals surface area contributed by atoms with Crippen molar-refractivity contribution in [2.24, 2.45) is 50.1 Å². The number of carboxylic acid groups (broad SMARTS) is 2. The fraction of sp³-hybridized carbons (Fsp3) is 0.765. The van der Waals surface area contributed by atoms with Gasteiger partial charge >= 0.3 is 11.9 Å². The van der Waals surface area contributed by atoms with Gasteiger partial charge in [0.2, 0.25) is 0 Å². The number of thioether (sulfide) groups is 1. The second-order valence-corrected chi connectivity index (χ2v) is 8.59. The molecule has 0 spiro atoms. The number of aliphatic carboxylic acids is 2. The zero-order chi connectivity index (χ0) is 24.2. The Hall–Kier alpha value is -2.29. The minimum Gasteiger partial charge on any atom is -0.480 e. The van der Waals surface area contributed by atoms with Gasteiger partial charge in [-0.05, 0) is 44.8 Å². The Bertz CT molecular complexity index is 656. The van der Waals surface area contributed by atoms with Crippen molar-refractivity contribution in [1.29, 1.82) is 0 Å². The summed E-state index contributed by atoms with van der Waals surface area (Å²) in [6.07, 6.45) is 2.73. The van der Waals surface area contributed by atoms with Crippen LogP contribution in [0.1, 0.15) is 38.5 Å². The molecule has 4 atom stereocenters. The molecule has 0 fully saturated rings. The summed E-state index contributed by atoms with van der Waals surface area (Å²) in [5.74, 6) is -2.57. The molecular formula is C17H37N9O4S. The summed E-state index contributed by atoms with van der Waals surface area (Å²) in [5, 5.41) is 18.8. The minimum atomic E-state index is -1.60. The van der Waals surface area contributed by atoms with Gasteiger partial charge in [-0.2, -0.15) is 11.8 Å². The Labute approximate surface area is 186 Å². The monoisotopic (exact) mass is 463 g/mol. The van der Waals surface area contributed by atoms with Gasteiger partial charge in [-0.3, -0.25) is 19.6 Å². The number of hydrogen-bond acceptors (Lipinski definition) is 8. The smallest absolute Gasteiger partial charge is 0.324 e. The van der Waals surface area contributed by atoms with Crippen LogP contribution >= 0.6 is 11.8 Å². The third-order valence-electron chi connectivity index (χ3n) is 4.94. The summed E-state index contributed by atoms with van der Waals surface area (Å²) < 4.78 is 0. The highest BCUT2D eigenvalue weighted by molar-refractivity contribution is 7.99. The Morgan fingerprint density at radius 2 is 1.42 bits per heavy atom. The summed E-state index contributed by atoms with van der Waals surface area (Å²) in [4.78, 5) is 31.3. The fourth-order valence-electron chi connectivity index (χ4n) is 3.23. The number of rotatable bonds is 16. The van der Waals surface area contributed by atoms with E-state index in [1.165, 1.54) is 11.8 Å². The predicted molar refractivity (Wildman–Crippen MR) is 123 cm³/mol. The van der Waals surface area contributed by atoms with E-state index in [9.17, 15) is 19.8 Å². The molecule has 0 rings (SSSR count). The molecule has 0 aliphatic rings.